The fourth-order valence-corrected chi connectivity index (χ4v) is 3.69. The van der Waals surface area contributed by atoms with Crippen LogP contribution in [0.3, 0.4) is 0 Å². The first-order chi connectivity index (χ1) is 13.1. The molecule has 4 rings (SSSR count). The minimum absolute atomic E-state index is 0.267. The van der Waals surface area contributed by atoms with Gasteiger partial charge in [-0.3, -0.25) is 9.69 Å². The summed E-state index contributed by atoms with van der Waals surface area (Å²) >= 11 is 6.80. The van der Waals surface area contributed by atoms with E-state index >= 15 is 0 Å². The van der Waals surface area contributed by atoms with Crippen molar-refractivity contribution >= 4 is 55.2 Å². The Morgan fingerprint density at radius 3 is 1.74 bits per heavy atom. The summed E-state index contributed by atoms with van der Waals surface area (Å²) in [5, 5.41) is 0. The van der Waals surface area contributed by atoms with E-state index in [0.29, 0.717) is 11.4 Å². The van der Waals surface area contributed by atoms with Crippen molar-refractivity contribution in [2.45, 2.75) is 6.04 Å². The summed E-state index contributed by atoms with van der Waals surface area (Å²) < 4.78 is 1.79. The number of carbonyl (C=O) groups excluding carboxylic acids is 2. The van der Waals surface area contributed by atoms with Crippen LogP contribution in [-0.4, -0.2) is 11.9 Å². The molecule has 27 heavy (non-hydrogen) atoms. The van der Waals surface area contributed by atoms with Crippen LogP contribution in [0, 0.1) is 0 Å². The van der Waals surface area contributed by atoms with E-state index < -0.39 is 6.04 Å². The highest BCUT2D eigenvalue weighted by molar-refractivity contribution is 9.10. The molecule has 1 heterocycles. The molecule has 3 aromatic carbocycles. The van der Waals surface area contributed by atoms with Gasteiger partial charge in [0.05, 0.1) is 5.69 Å². The molecule has 134 valence electrons. The molecule has 1 saturated heterocycles. The van der Waals surface area contributed by atoms with Gasteiger partial charge >= 0.3 is 6.03 Å². The van der Waals surface area contributed by atoms with Gasteiger partial charge in [-0.25, -0.2) is 9.69 Å². The smallest absolute Gasteiger partial charge is 0.277 e. The van der Waals surface area contributed by atoms with Crippen molar-refractivity contribution in [3.8, 4) is 0 Å². The topological polar surface area (TPSA) is 40.6 Å². The number of hydrogen-bond acceptors (Lipinski definition) is 2. The lowest BCUT2D eigenvalue weighted by molar-refractivity contribution is -0.118. The molecule has 0 saturated carbocycles. The predicted octanol–water partition coefficient (Wildman–Crippen LogP) is 5.93. The van der Waals surface area contributed by atoms with Crippen LogP contribution >= 0.6 is 31.9 Å². The second kappa shape index (κ2) is 7.29. The van der Waals surface area contributed by atoms with Gasteiger partial charge in [-0.05, 0) is 54.1 Å². The summed E-state index contributed by atoms with van der Waals surface area (Å²) in [6.07, 6.45) is 0. The van der Waals surface area contributed by atoms with Crippen molar-refractivity contribution in [2.75, 3.05) is 9.80 Å². The summed E-state index contributed by atoms with van der Waals surface area (Å²) in [6, 6.07) is 22.8. The molecule has 0 aliphatic carbocycles. The Hall–Kier alpha value is -2.44. The maximum Gasteiger partial charge on any atom is 0.336 e. The number of rotatable bonds is 3. The predicted molar refractivity (Wildman–Crippen MR) is 113 cm³/mol. The number of benzene rings is 3. The lowest BCUT2D eigenvalue weighted by Gasteiger charge is -2.22. The van der Waals surface area contributed by atoms with Crippen LogP contribution in [0.1, 0.15) is 11.6 Å². The van der Waals surface area contributed by atoms with E-state index in [2.05, 4.69) is 31.9 Å². The Morgan fingerprint density at radius 1 is 0.667 bits per heavy atom. The van der Waals surface area contributed by atoms with Crippen LogP contribution in [0.4, 0.5) is 16.2 Å². The van der Waals surface area contributed by atoms with Gasteiger partial charge in [0, 0.05) is 14.6 Å². The van der Waals surface area contributed by atoms with Gasteiger partial charge in [0.25, 0.3) is 5.91 Å². The highest BCUT2D eigenvalue weighted by Crippen LogP contribution is 2.38. The minimum atomic E-state index is -0.705. The molecule has 1 aliphatic heterocycles. The maximum absolute atomic E-state index is 13.3. The number of nitrogens with zero attached hydrogens (tertiary/aromatic N) is 2. The number of carbonyl (C=O) groups is 2. The number of hydrogen-bond donors (Lipinski definition) is 0. The summed E-state index contributed by atoms with van der Waals surface area (Å²) in [5.74, 6) is -0.267. The number of anilines is 2. The zero-order chi connectivity index (χ0) is 19.0. The highest BCUT2D eigenvalue weighted by atomic mass is 79.9. The molecule has 0 aromatic heterocycles. The number of imide groups is 1. The molecule has 3 amide bonds. The monoisotopic (exact) mass is 484 g/mol. The molecular weight excluding hydrogens is 472 g/mol. The van der Waals surface area contributed by atoms with Crippen molar-refractivity contribution in [1.29, 1.82) is 0 Å². The number of urea groups is 1. The molecule has 4 nitrogen and oxygen atoms in total. The van der Waals surface area contributed by atoms with Crippen LogP contribution in [0.2, 0.25) is 0 Å². The molecule has 0 radical (unpaired) electrons. The van der Waals surface area contributed by atoms with Crippen LogP contribution < -0.4 is 9.80 Å². The zero-order valence-electron chi connectivity index (χ0n) is 14.0. The van der Waals surface area contributed by atoms with Crippen LogP contribution in [-0.2, 0) is 4.79 Å². The Balaban J connectivity index is 1.83. The Labute approximate surface area is 173 Å². The van der Waals surface area contributed by atoms with E-state index in [1.165, 1.54) is 4.90 Å². The molecule has 1 aliphatic rings. The number of halogens is 2. The molecule has 0 bridgehead atoms. The van der Waals surface area contributed by atoms with Crippen LogP contribution in [0.15, 0.2) is 87.8 Å². The zero-order valence-corrected chi connectivity index (χ0v) is 17.2. The summed E-state index contributed by atoms with van der Waals surface area (Å²) in [4.78, 5) is 29.4. The Morgan fingerprint density at radius 2 is 1.19 bits per heavy atom. The maximum atomic E-state index is 13.3. The van der Waals surface area contributed by atoms with E-state index in [0.717, 1.165) is 14.5 Å². The molecule has 6 heteroatoms. The third kappa shape index (κ3) is 3.31. The van der Waals surface area contributed by atoms with E-state index in [4.69, 9.17) is 0 Å². The van der Waals surface area contributed by atoms with Crippen molar-refractivity contribution in [2.24, 2.45) is 0 Å². The SMILES string of the molecule is O=C1[C@@H](c2ccccc2)N(c2ccc(Br)cc2)C(=O)N1c1ccc(Br)cc1. The summed E-state index contributed by atoms with van der Waals surface area (Å²) in [6.45, 7) is 0. The second-order valence-electron chi connectivity index (χ2n) is 6.09. The van der Waals surface area contributed by atoms with Crippen molar-refractivity contribution in [1.82, 2.24) is 0 Å². The van der Waals surface area contributed by atoms with Gasteiger partial charge in [-0.1, -0.05) is 62.2 Å². The van der Waals surface area contributed by atoms with E-state index in [-0.39, 0.29) is 11.9 Å². The van der Waals surface area contributed by atoms with E-state index in [9.17, 15) is 9.59 Å². The quantitative estimate of drug-likeness (QED) is 0.431. The molecule has 1 fully saturated rings. The Kier molecular flexibility index (Phi) is 4.85. The molecule has 0 N–H and O–H groups in total. The van der Waals surface area contributed by atoms with E-state index in [1.807, 2.05) is 66.7 Å². The van der Waals surface area contributed by atoms with Gasteiger partial charge in [0.15, 0.2) is 0 Å². The van der Waals surface area contributed by atoms with Crippen molar-refractivity contribution in [3.63, 3.8) is 0 Å². The molecule has 0 spiro atoms. The second-order valence-corrected chi connectivity index (χ2v) is 7.92. The third-order valence-electron chi connectivity index (χ3n) is 4.41. The molecular formula is C21H14Br2N2O2. The van der Waals surface area contributed by atoms with E-state index in [1.54, 1.807) is 17.0 Å². The van der Waals surface area contributed by atoms with Gasteiger partial charge < -0.3 is 0 Å². The average Bonchev–Trinajstić information content (AvgIpc) is 2.94. The van der Waals surface area contributed by atoms with Gasteiger partial charge in [0.1, 0.15) is 6.04 Å². The normalized spacial score (nSPS) is 16.9. The first-order valence-electron chi connectivity index (χ1n) is 8.29. The average molecular weight is 486 g/mol. The van der Waals surface area contributed by atoms with Crippen molar-refractivity contribution < 1.29 is 9.59 Å². The van der Waals surface area contributed by atoms with Gasteiger partial charge in [-0.2, -0.15) is 0 Å². The lowest BCUT2D eigenvalue weighted by Crippen LogP contribution is -2.33. The van der Waals surface area contributed by atoms with Crippen LogP contribution in [0.5, 0.6) is 0 Å². The van der Waals surface area contributed by atoms with Gasteiger partial charge in [-0.15, -0.1) is 0 Å². The summed E-state index contributed by atoms with van der Waals surface area (Å²) in [5.41, 5.74) is 2.00. The van der Waals surface area contributed by atoms with Gasteiger partial charge in [0.2, 0.25) is 0 Å². The van der Waals surface area contributed by atoms with Crippen molar-refractivity contribution in [3.05, 3.63) is 93.4 Å². The first kappa shape index (κ1) is 17.9. The van der Waals surface area contributed by atoms with Crippen LogP contribution in [0.25, 0.3) is 0 Å². The molecule has 3 aromatic rings. The molecule has 0 unspecified atom stereocenters. The first-order valence-corrected chi connectivity index (χ1v) is 9.88. The largest absolute Gasteiger partial charge is 0.336 e. The highest BCUT2D eigenvalue weighted by Gasteiger charge is 2.47. The summed E-state index contributed by atoms with van der Waals surface area (Å²) in [7, 11) is 0. The third-order valence-corrected chi connectivity index (χ3v) is 5.47. The Bertz CT molecular complexity index is 989. The number of amides is 3. The standard InChI is InChI=1S/C21H14Br2N2O2/c22-15-6-10-17(11-7-15)24-19(14-4-2-1-3-5-14)20(26)25(21(24)27)18-12-8-16(23)9-13-18/h1-13,19H/t19-/m1/s1. The fraction of sp³-hybridized carbons (Fsp3) is 0.0476. The lowest BCUT2D eigenvalue weighted by atomic mass is 10.1. The minimum Gasteiger partial charge on any atom is -0.277 e. The molecule has 1 atom stereocenters. The fourth-order valence-electron chi connectivity index (χ4n) is 3.16.